The third kappa shape index (κ3) is 3.85. The zero-order chi connectivity index (χ0) is 13.5. The first-order valence-electron chi connectivity index (χ1n) is 6.13. The lowest BCUT2D eigenvalue weighted by atomic mass is 10.2. The Labute approximate surface area is 110 Å². The van der Waals surface area contributed by atoms with E-state index in [0.717, 1.165) is 24.2 Å². The number of rotatable bonds is 6. The summed E-state index contributed by atoms with van der Waals surface area (Å²) in [6.07, 6.45) is 3.68. The summed E-state index contributed by atoms with van der Waals surface area (Å²) in [6, 6.07) is 7.31. The van der Waals surface area contributed by atoms with Crippen molar-refractivity contribution in [1.29, 1.82) is 0 Å². The second-order valence-corrected chi connectivity index (χ2v) is 4.10. The molecule has 0 bridgehead atoms. The van der Waals surface area contributed by atoms with Crippen molar-refractivity contribution in [3.05, 3.63) is 30.6 Å². The number of nitrogens with zero attached hydrogens (tertiary/aromatic N) is 4. The third-order valence-electron chi connectivity index (χ3n) is 2.62. The molecule has 0 aliphatic heterocycles. The summed E-state index contributed by atoms with van der Waals surface area (Å²) in [5, 5.41) is 13.7. The van der Waals surface area contributed by atoms with E-state index >= 15 is 0 Å². The zero-order valence-corrected chi connectivity index (χ0v) is 10.5. The van der Waals surface area contributed by atoms with E-state index in [4.69, 9.17) is 5.73 Å². The molecule has 2 aromatic rings. The molecule has 100 valence electrons. The average Bonchev–Trinajstić information content (AvgIpc) is 2.94. The van der Waals surface area contributed by atoms with E-state index in [9.17, 15) is 4.79 Å². The van der Waals surface area contributed by atoms with Crippen molar-refractivity contribution in [2.45, 2.75) is 19.3 Å². The van der Waals surface area contributed by atoms with Gasteiger partial charge in [-0.3, -0.25) is 4.79 Å². The second-order valence-electron chi connectivity index (χ2n) is 4.10. The quantitative estimate of drug-likeness (QED) is 0.746. The number of hydrogen-bond acceptors (Lipinski definition) is 5. The van der Waals surface area contributed by atoms with Crippen LogP contribution in [0.2, 0.25) is 0 Å². The van der Waals surface area contributed by atoms with Crippen LogP contribution in [-0.2, 0) is 4.79 Å². The van der Waals surface area contributed by atoms with Crippen LogP contribution < -0.4 is 11.1 Å². The number of unbranched alkanes of at least 4 members (excludes halogenated alkanes) is 1. The van der Waals surface area contributed by atoms with Crippen molar-refractivity contribution in [1.82, 2.24) is 20.2 Å². The van der Waals surface area contributed by atoms with Gasteiger partial charge in [0.25, 0.3) is 0 Å². The van der Waals surface area contributed by atoms with E-state index in [1.165, 1.54) is 6.33 Å². The van der Waals surface area contributed by atoms with E-state index < -0.39 is 0 Å². The van der Waals surface area contributed by atoms with Gasteiger partial charge in [-0.15, -0.1) is 5.10 Å². The number of aromatic nitrogens is 4. The second kappa shape index (κ2) is 6.60. The van der Waals surface area contributed by atoms with E-state index in [2.05, 4.69) is 20.8 Å². The predicted molar refractivity (Wildman–Crippen MR) is 70.7 cm³/mol. The standard InChI is InChI=1S/C12H16N6O/c13-8-2-1-3-12(19)15-10-4-6-11(7-5-10)18-9-14-16-17-18/h4-7,9H,1-3,8,13H2,(H,15,19). The number of benzene rings is 1. The summed E-state index contributed by atoms with van der Waals surface area (Å²) >= 11 is 0. The molecule has 1 aromatic carbocycles. The van der Waals surface area contributed by atoms with Crippen LogP contribution in [0, 0.1) is 0 Å². The molecule has 0 unspecified atom stereocenters. The van der Waals surface area contributed by atoms with Gasteiger partial charge in [-0.05, 0) is 54.1 Å². The number of carbonyl (C=O) groups excluding carboxylic acids is 1. The predicted octanol–water partition coefficient (Wildman–Crippen LogP) is 0.730. The average molecular weight is 260 g/mol. The molecule has 0 aliphatic rings. The highest BCUT2D eigenvalue weighted by molar-refractivity contribution is 5.90. The molecule has 2 rings (SSSR count). The number of tetrazole rings is 1. The highest BCUT2D eigenvalue weighted by Crippen LogP contribution is 2.12. The Kier molecular flexibility index (Phi) is 4.57. The summed E-state index contributed by atoms with van der Waals surface area (Å²) < 4.78 is 1.55. The van der Waals surface area contributed by atoms with Gasteiger partial charge in [-0.1, -0.05) is 0 Å². The molecule has 0 fully saturated rings. The molecule has 0 aliphatic carbocycles. The zero-order valence-electron chi connectivity index (χ0n) is 10.5. The summed E-state index contributed by atoms with van der Waals surface area (Å²) in [7, 11) is 0. The van der Waals surface area contributed by atoms with Gasteiger partial charge in [0.1, 0.15) is 6.33 Å². The lowest BCUT2D eigenvalue weighted by Gasteiger charge is -2.06. The summed E-state index contributed by atoms with van der Waals surface area (Å²) in [4.78, 5) is 11.6. The van der Waals surface area contributed by atoms with Gasteiger partial charge in [-0.2, -0.15) is 0 Å². The van der Waals surface area contributed by atoms with E-state index in [1.54, 1.807) is 4.68 Å². The van der Waals surface area contributed by atoms with Gasteiger partial charge < -0.3 is 11.1 Å². The lowest BCUT2D eigenvalue weighted by Crippen LogP contribution is -2.12. The fraction of sp³-hybridized carbons (Fsp3) is 0.333. The Morgan fingerprint density at radius 1 is 1.26 bits per heavy atom. The van der Waals surface area contributed by atoms with Crippen molar-refractivity contribution in [3.8, 4) is 5.69 Å². The molecule has 0 saturated heterocycles. The molecule has 7 nitrogen and oxygen atoms in total. The molecule has 7 heteroatoms. The van der Waals surface area contributed by atoms with Crippen LogP contribution >= 0.6 is 0 Å². The number of nitrogens with one attached hydrogen (secondary N) is 1. The number of anilines is 1. The van der Waals surface area contributed by atoms with Gasteiger partial charge >= 0.3 is 0 Å². The maximum Gasteiger partial charge on any atom is 0.224 e. The van der Waals surface area contributed by atoms with Crippen molar-refractivity contribution in [3.63, 3.8) is 0 Å². The van der Waals surface area contributed by atoms with Crippen LogP contribution in [0.3, 0.4) is 0 Å². The lowest BCUT2D eigenvalue weighted by molar-refractivity contribution is -0.116. The summed E-state index contributed by atoms with van der Waals surface area (Å²) in [6.45, 7) is 0.619. The first-order chi connectivity index (χ1) is 9.29. The first-order valence-corrected chi connectivity index (χ1v) is 6.13. The number of amides is 1. The first kappa shape index (κ1) is 13.2. The van der Waals surface area contributed by atoms with Gasteiger partial charge in [0.05, 0.1) is 5.69 Å². The Balaban J connectivity index is 1.90. The largest absolute Gasteiger partial charge is 0.330 e. The molecular weight excluding hydrogens is 244 g/mol. The third-order valence-corrected chi connectivity index (χ3v) is 2.62. The maximum absolute atomic E-state index is 11.6. The molecule has 3 N–H and O–H groups in total. The van der Waals surface area contributed by atoms with Crippen LogP contribution in [0.1, 0.15) is 19.3 Å². The summed E-state index contributed by atoms with van der Waals surface area (Å²) in [5.74, 6) is 0.00335. The summed E-state index contributed by atoms with van der Waals surface area (Å²) in [5.41, 5.74) is 6.98. The topological polar surface area (TPSA) is 98.7 Å². The van der Waals surface area contributed by atoms with E-state index in [1.807, 2.05) is 24.3 Å². The Morgan fingerprint density at radius 2 is 2.05 bits per heavy atom. The molecular formula is C12H16N6O. The Bertz CT molecular complexity index is 508. The van der Waals surface area contributed by atoms with Gasteiger partial charge in [0.15, 0.2) is 0 Å². The van der Waals surface area contributed by atoms with Crippen molar-refractivity contribution >= 4 is 11.6 Å². The van der Waals surface area contributed by atoms with Gasteiger partial charge in [0, 0.05) is 12.1 Å². The SMILES string of the molecule is NCCCCC(=O)Nc1ccc(-n2cnnn2)cc1. The van der Waals surface area contributed by atoms with Crippen LogP contribution in [0.25, 0.3) is 5.69 Å². The number of carbonyl (C=O) groups is 1. The maximum atomic E-state index is 11.6. The van der Waals surface area contributed by atoms with Crippen LogP contribution in [0.4, 0.5) is 5.69 Å². The fourth-order valence-electron chi connectivity index (χ4n) is 1.63. The van der Waals surface area contributed by atoms with Gasteiger partial charge in [-0.25, -0.2) is 4.68 Å². The van der Waals surface area contributed by atoms with Gasteiger partial charge in [0.2, 0.25) is 5.91 Å². The fourth-order valence-corrected chi connectivity index (χ4v) is 1.63. The molecule has 0 saturated carbocycles. The molecule has 0 atom stereocenters. The molecule has 1 heterocycles. The monoisotopic (exact) mass is 260 g/mol. The number of nitrogens with two attached hydrogens (primary N) is 1. The highest BCUT2D eigenvalue weighted by atomic mass is 16.1. The Hall–Kier alpha value is -2.28. The van der Waals surface area contributed by atoms with Crippen molar-refractivity contribution in [2.75, 3.05) is 11.9 Å². The Morgan fingerprint density at radius 3 is 2.68 bits per heavy atom. The van der Waals surface area contributed by atoms with Crippen LogP contribution in [0.5, 0.6) is 0 Å². The van der Waals surface area contributed by atoms with Crippen molar-refractivity contribution in [2.24, 2.45) is 5.73 Å². The molecule has 1 amide bonds. The molecule has 1 aromatic heterocycles. The molecule has 19 heavy (non-hydrogen) atoms. The smallest absolute Gasteiger partial charge is 0.224 e. The van der Waals surface area contributed by atoms with Crippen LogP contribution in [-0.4, -0.2) is 32.7 Å². The number of hydrogen-bond donors (Lipinski definition) is 2. The molecule has 0 spiro atoms. The van der Waals surface area contributed by atoms with E-state index in [-0.39, 0.29) is 5.91 Å². The minimum absolute atomic E-state index is 0.00335. The minimum Gasteiger partial charge on any atom is -0.330 e. The van der Waals surface area contributed by atoms with E-state index in [0.29, 0.717) is 13.0 Å². The van der Waals surface area contributed by atoms with Crippen LogP contribution in [0.15, 0.2) is 30.6 Å². The minimum atomic E-state index is 0.00335. The van der Waals surface area contributed by atoms with Crippen molar-refractivity contribution < 1.29 is 4.79 Å². The molecule has 0 radical (unpaired) electrons. The highest BCUT2D eigenvalue weighted by Gasteiger charge is 2.03. The normalized spacial score (nSPS) is 10.4.